The van der Waals surface area contributed by atoms with Crippen LogP contribution in [0.25, 0.3) is 0 Å². The zero-order chi connectivity index (χ0) is 12.1. The van der Waals surface area contributed by atoms with Crippen LogP contribution in [0.3, 0.4) is 0 Å². The fourth-order valence-corrected chi connectivity index (χ4v) is 2.59. The van der Waals surface area contributed by atoms with Crippen LogP contribution in [0.1, 0.15) is 23.6 Å². The number of nitrogens with one attached hydrogen (secondary N) is 1. The molecule has 102 valence electrons. The molecule has 1 aromatic rings. The van der Waals surface area contributed by atoms with Crippen molar-refractivity contribution in [2.24, 2.45) is 0 Å². The SMILES string of the molecule is Cc1ccccc1[C@@H](CCF)N1CCNCC1.Cl. The first-order chi connectivity index (χ1) is 8.33. The summed E-state index contributed by atoms with van der Waals surface area (Å²) in [5.41, 5.74) is 2.55. The fraction of sp³-hybridized carbons (Fsp3) is 0.571. The second-order valence-electron chi connectivity index (χ2n) is 4.64. The lowest BCUT2D eigenvalue weighted by Gasteiger charge is -2.35. The Kier molecular flexibility index (Phi) is 6.61. The van der Waals surface area contributed by atoms with Crippen molar-refractivity contribution in [2.75, 3.05) is 32.9 Å². The smallest absolute Gasteiger partial charge is 0.0912 e. The number of piperazine rings is 1. The van der Waals surface area contributed by atoms with E-state index >= 15 is 0 Å². The van der Waals surface area contributed by atoms with Gasteiger partial charge in [-0.3, -0.25) is 9.29 Å². The monoisotopic (exact) mass is 272 g/mol. The summed E-state index contributed by atoms with van der Waals surface area (Å²) in [5, 5.41) is 3.34. The maximum atomic E-state index is 12.8. The largest absolute Gasteiger partial charge is 0.314 e. The molecule has 0 aromatic heterocycles. The van der Waals surface area contributed by atoms with Crippen molar-refractivity contribution in [3.8, 4) is 0 Å². The summed E-state index contributed by atoms with van der Waals surface area (Å²) >= 11 is 0. The molecule has 18 heavy (non-hydrogen) atoms. The lowest BCUT2D eigenvalue weighted by atomic mass is 9.97. The van der Waals surface area contributed by atoms with E-state index in [0.717, 1.165) is 26.2 Å². The van der Waals surface area contributed by atoms with Gasteiger partial charge in [0.25, 0.3) is 0 Å². The van der Waals surface area contributed by atoms with E-state index in [4.69, 9.17) is 0 Å². The minimum atomic E-state index is -0.247. The van der Waals surface area contributed by atoms with Crippen molar-refractivity contribution < 1.29 is 4.39 Å². The van der Waals surface area contributed by atoms with Crippen LogP contribution in [0.15, 0.2) is 24.3 Å². The average molecular weight is 273 g/mol. The predicted molar refractivity (Wildman–Crippen MR) is 76.2 cm³/mol. The molecule has 0 unspecified atom stereocenters. The lowest BCUT2D eigenvalue weighted by molar-refractivity contribution is 0.157. The first-order valence-electron chi connectivity index (χ1n) is 6.39. The molecule has 2 rings (SSSR count). The van der Waals surface area contributed by atoms with Crippen LogP contribution in [0, 0.1) is 6.92 Å². The van der Waals surface area contributed by atoms with E-state index in [1.165, 1.54) is 11.1 Å². The van der Waals surface area contributed by atoms with Crippen molar-refractivity contribution in [2.45, 2.75) is 19.4 Å². The second-order valence-corrected chi connectivity index (χ2v) is 4.64. The van der Waals surface area contributed by atoms with Gasteiger partial charge in [-0.25, -0.2) is 0 Å². The van der Waals surface area contributed by atoms with E-state index in [0.29, 0.717) is 6.42 Å². The zero-order valence-corrected chi connectivity index (χ0v) is 11.7. The highest BCUT2D eigenvalue weighted by atomic mass is 35.5. The summed E-state index contributed by atoms with van der Waals surface area (Å²) in [5.74, 6) is 0. The molecule has 1 saturated heterocycles. The van der Waals surface area contributed by atoms with Gasteiger partial charge in [0.1, 0.15) is 0 Å². The van der Waals surface area contributed by atoms with Gasteiger partial charge >= 0.3 is 0 Å². The topological polar surface area (TPSA) is 15.3 Å². The van der Waals surface area contributed by atoms with Gasteiger partial charge < -0.3 is 5.32 Å². The second kappa shape index (κ2) is 7.72. The number of rotatable bonds is 4. The Hall–Kier alpha value is -0.640. The number of hydrogen-bond donors (Lipinski definition) is 1. The van der Waals surface area contributed by atoms with E-state index in [1.54, 1.807) is 0 Å². The highest BCUT2D eigenvalue weighted by Crippen LogP contribution is 2.27. The molecule has 0 radical (unpaired) electrons. The quantitative estimate of drug-likeness (QED) is 0.907. The molecule has 1 heterocycles. The van der Waals surface area contributed by atoms with Gasteiger partial charge in [-0.15, -0.1) is 12.4 Å². The molecule has 0 spiro atoms. The molecule has 2 nitrogen and oxygen atoms in total. The first kappa shape index (κ1) is 15.4. The van der Waals surface area contributed by atoms with E-state index in [9.17, 15) is 4.39 Å². The molecule has 1 N–H and O–H groups in total. The Labute approximate surface area is 115 Å². The molecular formula is C14H22ClFN2. The fourth-order valence-electron chi connectivity index (χ4n) is 2.59. The van der Waals surface area contributed by atoms with Gasteiger partial charge in [-0.05, 0) is 24.5 Å². The highest BCUT2D eigenvalue weighted by molar-refractivity contribution is 5.85. The van der Waals surface area contributed by atoms with Gasteiger partial charge in [-0.2, -0.15) is 0 Å². The maximum Gasteiger partial charge on any atom is 0.0912 e. The normalized spacial score (nSPS) is 18.1. The van der Waals surface area contributed by atoms with Crippen molar-refractivity contribution in [3.63, 3.8) is 0 Å². The first-order valence-corrected chi connectivity index (χ1v) is 6.39. The predicted octanol–water partition coefficient (Wildman–Crippen LogP) is 2.72. The van der Waals surface area contributed by atoms with Crippen LogP contribution in [-0.4, -0.2) is 37.8 Å². The Bertz CT molecular complexity index is 353. The van der Waals surface area contributed by atoms with Crippen LogP contribution >= 0.6 is 12.4 Å². The Morgan fingerprint density at radius 2 is 1.94 bits per heavy atom. The van der Waals surface area contributed by atoms with E-state index < -0.39 is 0 Å². The lowest BCUT2D eigenvalue weighted by Crippen LogP contribution is -2.45. The maximum absolute atomic E-state index is 12.8. The summed E-state index contributed by atoms with van der Waals surface area (Å²) in [7, 11) is 0. The number of nitrogens with zero attached hydrogens (tertiary/aromatic N) is 1. The third-order valence-corrected chi connectivity index (χ3v) is 3.52. The van der Waals surface area contributed by atoms with Gasteiger partial charge in [0.2, 0.25) is 0 Å². The number of halogens is 2. The van der Waals surface area contributed by atoms with Crippen molar-refractivity contribution in [1.29, 1.82) is 0 Å². The molecule has 0 bridgehead atoms. The van der Waals surface area contributed by atoms with Gasteiger partial charge in [-0.1, -0.05) is 24.3 Å². The Morgan fingerprint density at radius 3 is 2.56 bits per heavy atom. The molecule has 0 aliphatic carbocycles. The van der Waals surface area contributed by atoms with Crippen LogP contribution in [0.4, 0.5) is 4.39 Å². The molecule has 0 amide bonds. The number of alkyl halides is 1. The Balaban J connectivity index is 0.00000162. The molecule has 4 heteroatoms. The van der Waals surface area contributed by atoms with Crippen LogP contribution in [0.5, 0.6) is 0 Å². The van der Waals surface area contributed by atoms with Crippen LogP contribution in [-0.2, 0) is 0 Å². The Morgan fingerprint density at radius 1 is 1.28 bits per heavy atom. The number of hydrogen-bond acceptors (Lipinski definition) is 2. The van der Waals surface area contributed by atoms with E-state index in [1.807, 2.05) is 6.07 Å². The summed E-state index contributed by atoms with van der Waals surface area (Å²) < 4.78 is 12.8. The van der Waals surface area contributed by atoms with Gasteiger partial charge in [0.05, 0.1) is 6.67 Å². The molecule has 1 atom stereocenters. The summed E-state index contributed by atoms with van der Waals surface area (Å²) in [4.78, 5) is 2.40. The minimum Gasteiger partial charge on any atom is -0.314 e. The minimum absolute atomic E-state index is 0. The third kappa shape index (κ3) is 3.67. The number of benzene rings is 1. The molecule has 0 saturated carbocycles. The molecule has 1 aliphatic rings. The van der Waals surface area contributed by atoms with Gasteiger partial charge in [0.15, 0.2) is 0 Å². The van der Waals surface area contributed by atoms with Crippen molar-refractivity contribution >= 4 is 12.4 Å². The van der Waals surface area contributed by atoms with Crippen molar-refractivity contribution in [1.82, 2.24) is 10.2 Å². The van der Waals surface area contributed by atoms with Crippen LogP contribution < -0.4 is 5.32 Å². The molecule has 1 aliphatic heterocycles. The molecular weight excluding hydrogens is 251 g/mol. The summed E-state index contributed by atoms with van der Waals surface area (Å²) in [6.45, 7) is 5.91. The summed E-state index contributed by atoms with van der Waals surface area (Å²) in [6, 6.07) is 8.59. The highest BCUT2D eigenvalue weighted by Gasteiger charge is 2.22. The van der Waals surface area contributed by atoms with Crippen LogP contribution in [0.2, 0.25) is 0 Å². The molecule has 1 fully saturated rings. The van der Waals surface area contributed by atoms with E-state index in [2.05, 4.69) is 35.3 Å². The number of aryl methyl sites for hydroxylation is 1. The zero-order valence-electron chi connectivity index (χ0n) is 10.9. The standard InChI is InChI=1S/C14H21FN2.ClH/c1-12-4-2-3-5-13(12)14(6-7-15)17-10-8-16-9-11-17;/h2-5,14,16H,6-11H2,1H3;1H/t14-;/m1./s1. The summed E-state index contributed by atoms with van der Waals surface area (Å²) in [6.07, 6.45) is 0.602. The third-order valence-electron chi connectivity index (χ3n) is 3.52. The van der Waals surface area contributed by atoms with E-state index in [-0.39, 0.29) is 25.1 Å². The molecule has 1 aromatic carbocycles. The van der Waals surface area contributed by atoms with Gasteiger partial charge in [0, 0.05) is 32.2 Å². The average Bonchev–Trinajstić information content (AvgIpc) is 2.38. The van der Waals surface area contributed by atoms with Crippen molar-refractivity contribution in [3.05, 3.63) is 35.4 Å².